The van der Waals surface area contributed by atoms with Crippen LogP contribution in [-0.4, -0.2) is 76.8 Å². The van der Waals surface area contributed by atoms with Crippen LogP contribution in [0.15, 0.2) is 24.3 Å². The molecule has 10 nitrogen and oxygen atoms in total. The van der Waals surface area contributed by atoms with E-state index in [-0.39, 0.29) is 19.1 Å². The number of carbonyl (C=O) groups is 1. The molecule has 8 N–H and O–H groups in total. The molecule has 0 spiro atoms. The van der Waals surface area contributed by atoms with Crippen molar-refractivity contribution in [3.05, 3.63) is 29.8 Å². The van der Waals surface area contributed by atoms with Crippen molar-refractivity contribution in [2.24, 2.45) is 0 Å². The van der Waals surface area contributed by atoms with Crippen LogP contribution >= 0.6 is 0 Å². The summed E-state index contributed by atoms with van der Waals surface area (Å²) in [4.78, 5) is 11.8. The molecule has 1 amide bonds. The molecule has 1 aromatic rings. The molecule has 0 unspecified atom stereocenters. The average molecular weight is 357 g/mol. The number of nitrogens with two attached hydrogens (primary N) is 1. The molecular formula is C15H23N3O7. The van der Waals surface area contributed by atoms with Crippen LogP contribution in [0.5, 0.6) is 0 Å². The largest absolute Gasteiger partial charge is 0.399 e. The smallest absolute Gasteiger partial charge is 0.265 e. The van der Waals surface area contributed by atoms with Gasteiger partial charge in [0.05, 0.1) is 13.2 Å². The van der Waals surface area contributed by atoms with E-state index in [0.717, 1.165) is 0 Å². The Morgan fingerprint density at radius 1 is 1.16 bits per heavy atom. The number of hydrogen-bond acceptors (Lipinski definition) is 9. The average Bonchev–Trinajstić information content (AvgIpc) is 2.61. The predicted octanol–water partition coefficient (Wildman–Crippen LogP) is -2.68. The highest BCUT2D eigenvalue weighted by Crippen LogP contribution is 2.21. The van der Waals surface area contributed by atoms with Gasteiger partial charge in [0.2, 0.25) is 0 Å². The lowest BCUT2D eigenvalue weighted by Crippen LogP contribution is -2.59. The number of rotatable bonds is 7. The van der Waals surface area contributed by atoms with E-state index in [1.807, 2.05) is 0 Å². The van der Waals surface area contributed by atoms with Gasteiger partial charge in [-0.25, -0.2) is 5.43 Å². The van der Waals surface area contributed by atoms with E-state index in [1.165, 1.54) is 0 Å². The maximum absolute atomic E-state index is 11.8. The van der Waals surface area contributed by atoms with Gasteiger partial charge < -0.3 is 35.6 Å². The number of anilines is 1. The topological polar surface area (TPSA) is 167 Å². The van der Waals surface area contributed by atoms with Crippen LogP contribution in [-0.2, 0) is 9.47 Å². The number of carbonyl (C=O) groups excluding carboxylic acids is 1. The van der Waals surface area contributed by atoms with Gasteiger partial charge in [-0.05, 0) is 24.3 Å². The first kappa shape index (κ1) is 19.5. The summed E-state index contributed by atoms with van der Waals surface area (Å²) >= 11 is 0. The minimum absolute atomic E-state index is 0.0324. The fourth-order valence-electron chi connectivity index (χ4n) is 2.28. The highest BCUT2D eigenvalue weighted by atomic mass is 16.7. The molecule has 1 aliphatic heterocycles. The Labute approximate surface area is 144 Å². The molecule has 2 rings (SSSR count). The summed E-state index contributed by atoms with van der Waals surface area (Å²) in [6.07, 6.45) is -6.61. The summed E-state index contributed by atoms with van der Waals surface area (Å²) in [5.41, 5.74) is 11.6. The van der Waals surface area contributed by atoms with Crippen molar-refractivity contribution >= 4 is 11.6 Å². The van der Waals surface area contributed by atoms with Crippen LogP contribution in [0, 0.1) is 0 Å². The number of hydrazine groups is 1. The highest BCUT2D eigenvalue weighted by Gasteiger charge is 2.43. The lowest BCUT2D eigenvalue weighted by atomic mass is 9.99. The summed E-state index contributed by atoms with van der Waals surface area (Å²) in [6, 6.07) is 6.38. The lowest BCUT2D eigenvalue weighted by Gasteiger charge is -2.39. The van der Waals surface area contributed by atoms with Crippen LogP contribution in [0.2, 0.25) is 0 Å². The number of nitrogen functional groups attached to an aromatic ring is 1. The molecule has 5 atom stereocenters. The molecule has 0 bridgehead atoms. The zero-order valence-corrected chi connectivity index (χ0v) is 13.4. The van der Waals surface area contributed by atoms with E-state index in [1.54, 1.807) is 24.3 Å². The van der Waals surface area contributed by atoms with Crippen LogP contribution in [0.25, 0.3) is 0 Å². The molecule has 1 heterocycles. The first-order chi connectivity index (χ1) is 11.9. The molecule has 0 aromatic heterocycles. The second-order valence-corrected chi connectivity index (χ2v) is 5.57. The van der Waals surface area contributed by atoms with E-state index in [0.29, 0.717) is 11.3 Å². The molecule has 1 aliphatic rings. The Bertz CT molecular complexity index is 555. The number of benzene rings is 1. The van der Waals surface area contributed by atoms with Crippen molar-refractivity contribution in [2.45, 2.75) is 30.7 Å². The Morgan fingerprint density at radius 2 is 1.84 bits per heavy atom. The molecule has 140 valence electrons. The van der Waals surface area contributed by atoms with Crippen molar-refractivity contribution in [2.75, 3.05) is 25.5 Å². The summed E-state index contributed by atoms with van der Waals surface area (Å²) in [7, 11) is 0. The molecular weight excluding hydrogens is 334 g/mol. The molecule has 1 saturated heterocycles. The summed E-state index contributed by atoms with van der Waals surface area (Å²) in [5.74, 6) is -0.354. The number of ether oxygens (including phenoxy) is 2. The van der Waals surface area contributed by atoms with Crippen molar-refractivity contribution in [3.63, 3.8) is 0 Å². The number of hydrogen-bond donors (Lipinski definition) is 7. The predicted molar refractivity (Wildman–Crippen MR) is 86.0 cm³/mol. The maximum atomic E-state index is 11.8. The van der Waals surface area contributed by atoms with Crippen molar-refractivity contribution < 1.29 is 34.7 Å². The Hall–Kier alpha value is -1.79. The Morgan fingerprint density at radius 3 is 2.48 bits per heavy atom. The van der Waals surface area contributed by atoms with Gasteiger partial charge in [0.1, 0.15) is 24.4 Å². The zero-order chi connectivity index (χ0) is 18.4. The fraction of sp³-hybridized carbons (Fsp3) is 0.533. The van der Waals surface area contributed by atoms with E-state index in [4.69, 9.17) is 20.3 Å². The maximum Gasteiger partial charge on any atom is 0.265 e. The van der Waals surface area contributed by atoms with E-state index in [2.05, 4.69) is 10.9 Å². The number of nitrogens with one attached hydrogen (secondary N) is 2. The third-order valence-electron chi connectivity index (χ3n) is 3.73. The third kappa shape index (κ3) is 5.09. The number of amides is 1. The standard InChI is InChI=1S/C15H23N3O7/c16-9-3-1-8(2-4-9)14(23)18-17-5-6-24-15-13(22)12(21)11(20)10(7-19)25-15/h1-4,10-13,15,17,19-22H,5-7,16H2,(H,18,23)/t10-,11-,12+,13-,15-/m1/s1. The van der Waals surface area contributed by atoms with Crippen molar-refractivity contribution in [1.29, 1.82) is 0 Å². The first-order valence-corrected chi connectivity index (χ1v) is 7.75. The normalized spacial score (nSPS) is 29.4. The summed E-state index contributed by atoms with van der Waals surface area (Å²) < 4.78 is 10.4. The molecule has 25 heavy (non-hydrogen) atoms. The highest BCUT2D eigenvalue weighted by molar-refractivity contribution is 5.94. The molecule has 1 fully saturated rings. The molecule has 1 aromatic carbocycles. The minimum atomic E-state index is -1.49. The molecule has 0 radical (unpaired) electrons. The quantitative estimate of drug-likeness (QED) is 0.156. The van der Waals surface area contributed by atoms with Crippen LogP contribution in [0.4, 0.5) is 5.69 Å². The summed E-state index contributed by atoms with van der Waals surface area (Å²) in [6.45, 7) is -0.304. The number of aliphatic hydroxyl groups is 4. The van der Waals surface area contributed by atoms with Gasteiger partial charge in [-0.2, -0.15) is 0 Å². The van der Waals surface area contributed by atoms with Crippen LogP contribution < -0.4 is 16.6 Å². The fourth-order valence-corrected chi connectivity index (χ4v) is 2.28. The summed E-state index contributed by atoms with van der Waals surface area (Å²) in [5, 5.41) is 38.2. The van der Waals surface area contributed by atoms with Crippen LogP contribution in [0.1, 0.15) is 10.4 Å². The van der Waals surface area contributed by atoms with E-state index >= 15 is 0 Å². The molecule has 10 heteroatoms. The van der Waals surface area contributed by atoms with Gasteiger partial charge in [-0.15, -0.1) is 0 Å². The first-order valence-electron chi connectivity index (χ1n) is 7.75. The third-order valence-corrected chi connectivity index (χ3v) is 3.73. The van der Waals surface area contributed by atoms with Gasteiger partial charge >= 0.3 is 0 Å². The zero-order valence-electron chi connectivity index (χ0n) is 13.4. The van der Waals surface area contributed by atoms with Gasteiger partial charge in [0, 0.05) is 17.8 Å². The van der Waals surface area contributed by atoms with Crippen molar-refractivity contribution in [1.82, 2.24) is 10.9 Å². The molecule has 0 saturated carbocycles. The van der Waals surface area contributed by atoms with Gasteiger partial charge in [-0.3, -0.25) is 10.2 Å². The Balaban J connectivity index is 1.70. The van der Waals surface area contributed by atoms with E-state index < -0.39 is 37.3 Å². The molecule has 0 aliphatic carbocycles. The number of aliphatic hydroxyl groups excluding tert-OH is 4. The Kier molecular flexibility index (Phi) is 7.08. The minimum Gasteiger partial charge on any atom is -0.399 e. The van der Waals surface area contributed by atoms with E-state index in [9.17, 15) is 20.1 Å². The van der Waals surface area contributed by atoms with Crippen molar-refractivity contribution in [3.8, 4) is 0 Å². The second kappa shape index (κ2) is 9.06. The monoisotopic (exact) mass is 357 g/mol. The second-order valence-electron chi connectivity index (χ2n) is 5.57. The van der Waals surface area contributed by atoms with Gasteiger partial charge in [0.15, 0.2) is 6.29 Å². The van der Waals surface area contributed by atoms with Gasteiger partial charge in [-0.1, -0.05) is 0 Å². The lowest BCUT2D eigenvalue weighted by molar-refractivity contribution is -0.300. The SMILES string of the molecule is Nc1ccc(C(=O)NNCCO[C@@H]2O[C@H](CO)[C@@H](O)[C@H](O)[C@H]2O)cc1. The van der Waals surface area contributed by atoms with Crippen LogP contribution in [0.3, 0.4) is 0 Å². The van der Waals surface area contributed by atoms with Gasteiger partial charge in [0.25, 0.3) is 5.91 Å².